The lowest BCUT2D eigenvalue weighted by Gasteiger charge is -2.31. The molecular weight excluding hydrogens is 314 g/mol. The number of nitriles is 1. The number of methoxy groups -OCH3 is 1. The Morgan fingerprint density at radius 3 is 2.92 bits per heavy atom. The largest absolute Gasteiger partial charge is 0.497 e. The van der Waals surface area contributed by atoms with Crippen molar-refractivity contribution in [1.29, 1.82) is 10.7 Å². The molecule has 25 heavy (non-hydrogen) atoms. The van der Waals surface area contributed by atoms with Crippen LogP contribution < -0.4 is 9.47 Å². The fourth-order valence-corrected chi connectivity index (χ4v) is 3.36. The molecule has 0 saturated heterocycles. The third-order valence-corrected chi connectivity index (χ3v) is 4.56. The SMILES string of the molecule is COc1cccc(C2c3ccc4cnccc4c3OC(=N)C2C#N)c1. The van der Waals surface area contributed by atoms with Gasteiger partial charge in [0, 0.05) is 34.6 Å². The summed E-state index contributed by atoms with van der Waals surface area (Å²) in [6.07, 6.45) is 3.46. The second-order valence-electron chi connectivity index (χ2n) is 5.91. The lowest BCUT2D eigenvalue weighted by molar-refractivity contribution is 0.412. The van der Waals surface area contributed by atoms with Crippen LogP contribution in [0.25, 0.3) is 10.8 Å². The number of benzene rings is 2. The molecule has 4 rings (SSSR count). The minimum atomic E-state index is -0.682. The van der Waals surface area contributed by atoms with Crippen molar-refractivity contribution in [1.82, 2.24) is 4.98 Å². The first-order valence-corrected chi connectivity index (χ1v) is 7.89. The Bertz CT molecular complexity index is 1020. The van der Waals surface area contributed by atoms with Gasteiger partial charge in [-0.05, 0) is 23.8 Å². The van der Waals surface area contributed by atoms with Crippen LogP contribution in [0, 0.1) is 22.7 Å². The predicted molar refractivity (Wildman–Crippen MR) is 94.0 cm³/mol. The Balaban J connectivity index is 1.98. The van der Waals surface area contributed by atoms with E-state index in [2.05, 4.69) is 11.1 Å². The van der Waals surface area contributed by atoms with E-state index >= 15 is 0 Å². The van der Waals surface area contributed by atoms with E-state index in [1.54, 1.807) is 19.5 Å². The lowest BCUT2D eigenvalue weighted by atomic mass is 9.78. The van der Waals surface area contributed by atoms with Gasteiger partial charge in [-0.2, -0.15) is 5.26 Å². The molecule has 0 aliphatic carbocycles. The van der Waals surface area contributed by atoms with Crippen molar-refractivity contribution in [2.24, 2.45) is 5.92 Å². The molecule has 2 atom stereocenters. The summed E-state index contributed by atoms with van der Waals surface area (Å²) in [5.41, 5.74) is 1.82. The zero-order chi connectivity index (χ0) is 17.4. The Morgan fingerprint density at radius 2 is 2.12 bits per heavy atom. The molecule has 1 N–H and O–H groups in total. The molecule has 1 aliphatic rings. The van der Waals surface area contributed by atoms with Crippen molar-refractivity contribution >= 4 is 16.7 Å². The van der Waals surface area contributed by atoms with Crippen molar-refractivity contribution < 1.29 is 9.47 Å². The third kappa shape index (κ3) is 2.39. The summed E-state index contributed by atoms with van der Waals surface area (Å²) in [7, 11) is 1.61. The molecule has 0 spiro atoms. The van der Waals surface area contributed by atoms with Crippen LogP contribution in [0.15, 0.2) is 54.9 Å². The molecule has 122 valence electrons. The van der Waals surface area contributed by atoms with Crippen molar-refractivity contribution in [3.05, 3.63) is 66.0 Å². The highest BCUT2D eigenvalue weighted by Gasteiger charge is 2.37. The summed E-state index contributed by atoms with van der Waals surface area (Å²) < 4.78 is 11.1. The molecule has 5 heteroatoms. The van der Waals surface area contributed by atoms with Gasteiger partial charge in [0.1, 0.15) is 17.4 Å². The van der Waals surface area contributed by atoms with Gasteiger partial charge >= 0.3 is 0 Å². The molecule has 1 aromatic heterocycles. The van der Waals surface area contributed by atoms with Crippen LogP contribution in [0.3, 0.4) is 0 Å². The summed E-state index contributed by atoms with van der Waals surface area (Å²) in [6.45, 7) is 0. The first kappa shape index (κ1) is 15.2. The van der Waals surface area contributed by atoms with E-state index in [4.69, 9.17) is 14.9 Å². The monoisotopic (exact) mass is 329 g/mol. The van der Waals surface area contributed by atoms with Crippen LogP contribution in [0.4, 0.5) is 0 Å². The van der Waals surface area contributed by atoms with Crippen LogP contribution >= 0.6 is 0 Å². The molecule has 3 aromatic rings. The van der Waals surface area contributed by atoms with Crippen molar-refractivity contribution in [2.45, 2.75) is 5.92 Å². The Kier molecular flexibility index (Phi) is 3.58. The molecule has 0 fully saturated rings. The van der Waals surface area contributed by atoms with Gasteiger partial charge < -0.3 is 9.47 Å². The Hall–Kier alpha value is -3.39. The fourth-order valence-electron chi connectivity index (χ4n) is 3.36. The van der Waals surface area contributed by atoms with E-state index in [1.807, 2.05) is 42.5 Å². The Morgan fingerprint density at radius 1 is 1.24 bits per heavy atom. The second-order valence-corrected chi connectivity index (χ2v) is 5.91. The van der Waals surface area contributed by atoms with Gasteiger partial charge in [-0.3, -0.25) is 10.4 Å². The normalized spacial score (nSPS) is 19.0. The van der Waals surface area contributed by atoms with E-state index in [0.29, 0.717) is 5.75 Å². The van der Waals surface area contributed by atoms with Crippen LogP contribution in [0.2, 0.25) is 0 Å². The zero-order valence-electron chi connectivity index (χ0n) is 13.6. The van der Waals surface area contributed by atoms with Gasteiger partial charge in [0.05, 0.1) is 13.2 Å². The number of pyridine rings is 1. The van der Waals surface area contributed by atoms with Crippen LogP contribution in [0.1, 0.15) is 17.0 Å². The standard InChI is InChI=1S/C20H15N3O2/c1-24-14-4-2-3-12(9-14)18-16-6-5-13-11-23-8-7-15(13)19(16)25-20(22)17(18)10-21/h2-9,11,17-18,22H,1H3. The fraction of sp³-hybridized carbons (Fsp3) is 0.150. The summed E-state index contributed by atoms with van der Waals surface area (Å²) in [4.78, 5) is 4.13. The predicted octanol–water partition coefficient (Wildman–Crippen LogP) is 3.88. The molecule has 2 unspecified atom stereocenters. The maximum Gasteiger partial charge on any atom is 0.205 e. The quantitative estimate of drug-likeness (QED) is 0.773. The molecule has 2 aromatic carbocycles. The van der Waals surface area contributed by atoms with Crippen LogP contribution in [-0.4, -0.2) is 18.0 Å². The minimum absolute atomic E-state index is 0.0351. The highest BCUT2D eigenvalue weighted by molar-refractivity contribution is 5.95. The number of aromatic nitrogens is 1. The molecule has 0 saturated carbocycles. The van der Waals surface area contributed by atoms with Gasteiger partial charge in [0.25, 0.3) is 0 Å². The second kappa shape index (κ2) is 5.91. The van der Waals surface area contributed by atoms with E-state index < -0.39 is 5.92 Å². The maximum atomic E-state index is 9.65. The number of fused-ring (bicyclic) bond motifs is 3. The highest BCUT2D eigenvalue weighted by atomic mass is 16.5. The summed E-state index contributed by atoms with van der Waals surface area (Å²) >= 11 is 0. The summed E-state index contributed by atoms with van der Waals surface area (Å²) in [5.74, 6) is 0.350. The van der Waals surface area contributed by atoms with E-state index in [-0.39, 0.29) is 11.8 Å². The summed E-state index contributed by atoms with van der Waals surface area (Å²) in [6, 6.07) is 15.7. The number of ether oxygens (including phenoxy) is 2. The average Bonchev–Trinajstić information content (AvgIpc) is 2.67. The van der Waals surface area contributed by atoms with Gasteiger partial charge in [0.15, 0.2) is 0 Å². The minimum Gasteiger partial charge on any atom is -0.497 e. The van der Waals surface area contributed by atoms with Gasteiger partial charge in [-0.25, -0.2) is 0 Å². The molecule has 1 aliphatic heterocycles. The maximum absolute atomic E-state index is 9.65. The lowest BCUT2D eigenvalue weighted by Crippen LogP contribution is -2.31. The highest BCUT2D eigenvalue weighted by Crippen LogP contribution is 2.45. The number of hydrogen-bond donors (Lipinski definition) is 1. The zero-order valence-corrected chi connectivity index (χ0v) is 13.6. The van der Waals surface area contributed by atoms with Gasteiger partial charge in [-0.15, -0.1) is 0 Å². The molecule has 0 bridgehead atoms. The van der Waals surface area contributed by atoms with Crippen LogP contribution in [-0.2, 0) is 0 Å². The molecule has 5 nitrogen and oxygen atoms in total. The van der Waals surface area contributed by atoms with Crippen molar-refractivity contribution in [2.75, 3.05) is 7.11 Å². The van der Waals surface area contributed by atoms with Crippen molar-refractivity contribution in [3.8, 4) is 17.6 Å². The van der Waals surface area contributed by atoms with Gasteiger partial charge in [0.2, 0.25) is 5.90 Å². The number of rotatable bonds is 2. The Labute approximate surface area is 145 Å². The molecule has 0 radical (unpaired) electrons. The van der Waals surface area contributed by atoms with Crippen molar-refractivity contribution in [3.63, 3.8) is 0 Å². The van der Waals surface area contributed by atoms with E-state index in [0.717, 1.165) is 27.6 Å². The molecular formula is C20H15N3O2. The first-order valence-electron chi connectivity index (χ1n) is 7.89. The number of nitrogens with one attached hydrogen (secondary N) is 1. The van der Waals surface area contributed by atoms with Gasteiger partial charge in [-0.1, -0.05) is 24.3 Å². The van der Waals surface area contributed by atoms with E-state index in [9.17, 15) is 5.26 Å². The average molecular weight is 329 g/mol. The topological polar surface area (TPSA) is 79.0 Å². The van der Waals surface area contributed by atoms with Crippen LogP contribution in [0.5, 0.6) is 11.5 Å². The summed E-state index contributed by atoms with van der Waals surface area (Å²) in [5, 5.41) is 19.7. The smallest absolute Gasteiger partial charge is 0.205 e. The molecule has 0 amide bonds. The third-order valence-electron chi connectivity index (χ3n) is 4.56. The first-order chi connectivity index (χ1) is 12.2. The molecule has 2 heterocycles. The number of nitrogens with zero attached hydrogens (tertiary/aromatic N) is 2. The number of hydrogen-bond acceptors (Lipinski definition) is 5. The van der Waals surface area contributed by atoms with E-state index in [1.165, 1.54) is 0 Å².